The molecule has 134 valence electrons. The van der Waals surface area contributed by atoms with E-state index >= 15 is 0 Å². The van der Waals surface area contributed by atoms with E-state index in [-0.39, 0.29) is 11.6 Å². The maximum Gasteiger partial charge on any atom is 0.0444 e. The van der Waals surface area contributed by atoms with Crippen molar-refractivity contribution in [3.63, 3.8) is 0 Å². The lowest BCUT2D eigenvalue weighted by Crippen LogP contribution is -2.50. The standard InChI is InChI=1S/C22H36N2/c1-15(2)9-20-11-19(12-21(24-20)10-16(3)4)22(23,13-17(5)6)14-18(7)8/h11,20-21,24H,1,3,5,7,9-10,12-14,23H2,2,4,6,8H3. The van der Waals surface area contributed by atoms with E-state index in [2.05, 4.69) is 65.4 Å². The molecule has 1 heterocycles. The summed E-state index contributed by atoms with van der Waals surface area (Å²) in [6.45, 7) is 24.6. The zero-order valence-corrected chi connectivity index (χ0v) is 16.2. The Morgan fingerprint density at radius 2 is 1.50 bits per heavy atom. The van der Waals surface area contributed by atoms with E-state index in [4.69, 9.17) is 5.73 Å². The minimum absolute atomic E-state index is 0.286. The molecule has 0 fully saturated rings. The third kappa shape index (κ3) is 6.62. The molecule has 0 radical (unpaired) electrons. The molecular weight excluding hydrogens is 292 g/mol. The van der Waals surface area contributed by atoms with E-state index in [0.717, 1.165) is 43.3 Å². The minimum atomic E-state index is -0.388. The van der Waals surface area contributed by atoms with Gasteiger partial charge in [-0.15, -0.1) is 26.3 Å². The van der Waals surface area contributed by atoms with Crippen LogP contribution in [0.25, 0.3) is 0 Å². The first kappa shape index (κ1) is 20.7. The van der Waals surface area contributed by atoms with Gasteiger partial charge in [0.25, 0.3) is 0 Å². The summed E-state index contributed by atoms with van der Waals surface area (Å²) >= 11 is 0. The van der Waals surface area contributed by atoms with Gasteiger partial charge < -0.3 is 11.1 Å². The van der Waals surface area contributed by atoms with Gasteiger partial charge in [-0.05, 0) is 59.8 Å². The fourth-order valence-electron chi connectivity index (χ4n) is 3.77. The monoisotopic (exact) mass is 328 g/mol. The van der Waals surface area contributed by atoms with E-state index in [1.54, 1.807) is 0 Å². The van der Waals surface area contributed by atoms with E-state index in [0.29, 0.717) is 6.04 Å². The molecule has 0 bridgehead atoms. The molecule has 0 saturated heterocycles. The Labute approximate surface area is 149 Å². The molecule has 2 heteroatoms. The molecule has 1 rings (SSSR count). The van der Waals surface area contributed by atoms with Crippen LogP contribution in [0.3, 0.4) is 0 Å². The van der Waals surface area contributed by atoms with Gasteiger partial charge in [-0.25, -0.2) is 0 Å². The highest BCUT2D eigenvalue weighted by Gasteiger charge is 2.34. The SMILES string of the molecule is C=C(C)CC1C=C(C(N)(CC(=C)C)CC(=C)C)CC(CC(=C)C)N1. The second kappa shape index (κ2) is 8.64. The van der Waals surface area contributed by atoms with Gasteiger partial charge in [-0.3, -0.25) is 0 Å². The van der Waals surface area contributed by atoms with Crippen LogP contribution in [0.1, 0.15) is 59.8 Å². The summed E-state index contributed by atoms with van der Waals surface area (Å²) in [6, 6.07) is 0.666. The predicted octanol–water partition coefficient (Wildman–Crippen LogP) is 5.21. The van der Waals surface area contributed by atoms with Gasteiger partial charge in [-0.2, -0.15) is 0 Å². The van der Waals surface area contributed by atoms with Gasteiger partial charge >= 0.3 is 0 Å². The van der Waals surface area contributed by atoms with Crippen molar-refractivity contribution >= 4 is 0 Å². The van der Waals surface area contributed by atoms with Crippen molar-refractivity contribution in [2.75, 3.05) is 0 Å². The van der Waals surface area contributed by atoms with Crippen molar-refractivity contribution in [1.82, 2.24) is 5.32 Å². The van der Waals surface area contributed by atoms with Crippen molar-refractivity contribution in [3.05, 3.63) is 60.3 Å². The average Bonchev–Trinajstić information content (AvgIpc) is 2.34. The normalized spacial score (nSPS) is 21.1. The van der Waals surface area contributed by atoms with Gasteiger partial charge in [0.2, 0.25) is 0 Å². The molecule has 0 saturated carbocycles. The van der Waals surface area contributed by atoms with Crippen LogP contribution in [0, 0.1) is 0 Å². The molecule has 0 amide bonds. The van der Waals surface area contributed by atoms with Gasteiger partial charge in [0.15, 0.2) is 0 Å². The number of hydrogen-bond donors (Lipinski definition) is 2. The summed E-state index contributed by atoms with van der Waals surface area (Å²) in [4.78, 5) is 0. The molecular formula is C22H36N2. The molecule has 3 N–H and O–H groups in total. The van der Waals surface area contributed by atoms with Crippen LogP contribution in [0.15, 0.2) is 60.3 Å². The first-order chi connectivity index (χ1) is 11.0. The molecule has 2 unspecified atom stereocenters. The molecule has 0 aromatic heterocycles. The zero-order chi connectivity index (χ0) is 18.5. The van der Waals surface area contributed by atoms with Crippen LogP contribution in [0.2, 0.25) is 0 Å². The minimum Gasteiger partial charge on any atom is -0.321 e. The third-order valence-electron chi connectivity index (χ3n) is 4.36. The van der Waals surface area contributed by atoms with E-state index < -0.39 is 0 Å². The lowest BCUT2D eigenvalue weighted by atomic mass is 9.74. The van der Waals surface area contributed by atoms with Crippen molar-refractivity contribution in [1.29, 1.82) is 0 Å². The highest BCUT2D eigenvalue weighted by atomic mass is 15.0. The third-order valence-corrected chi connectivity index (χ3v) is 4.36. The van der Waals surface area contributed by atoms with E-state index in [1.807, 2.05) is 0 Å². The summed E-state index contributed by atoms with van der Waals surface area (Å²) in [6.07, 6.45) is 6.79. The molecule has 24 heavy (non-hydrogen) atoms. The van der Waals surface area contributed by atoms with Crippen LogP contribution < -0.4 is 11.1 Å². The fraction of sp³-hybridized carbons (Fsp3) is 0.545. The molecule has 2 nitrogen and oxygen atoms in total. The summed E-state index contributed by atoms with van der Waals surface area (Å²) in [5.41, 5.74) is 12.4. The largest absolute Gasteiger partial charge is 0.321 e. The van der Waals surface area contributed by atoms with Gasteiger partial charge in [-0.1, -0.05) is 33.9 Å². The Hall–Kier alpha value is -1.38. The van der Waals surface area contributed by atoms with Crippen LogP contribution in [0.5, 0.6) is 0 Å². The van der Waals surface area contributed by atoms with Gasteiger partial charge in [0.05, 0.1) is 0 Å². The Bertz CT molecular complexity index is 534. The topological polar surface area (TPSA) is 38.0 Å². The molecule has 1 aliphatic heterocycles. The second-order valence-electron chi connectivity index (χ2n) is 8.11. The van der Waals surface area contributed by atoms with Gasteiger partial charge in [0, 0.05) is 17.6 Å². The van der Waals surface area contributed by atoms with Crippen molar-refractivity contribution in [2.45, 2.75) is 77.4 Å². The van der Waals surface area contributed by atoms with Crippen molar-refractivity contribution in [3.8, 4) is 0 Å². The smallest absolute Gasteiger partial charge is 0.0444 e. The van der Waals surface area contributed by atoms with E-state index in [9.17, 15) is 0 Å². The van der Waals surface area contributed by atoms with Crippen LogP contribution >= 0.6 is 0 Å². The number of rotatable bonds is 9. The highest BCUT2D eigenvalue weighted by Crippen LogP contribution is 2.35. The number of hydrogen-bond acceptors (Lipinski definition) is 2. The molecule has 0 spiro atoms. The van der Waals surface area contributed by atoms with Gasteiger partial charge in [0.1, 0.15) is 0 Å². The Morgan fingerprint density at radius 3 is 1.92 bits per heavy atom. The first-order valence-corrected chi connectivity index (χ1v) is 8.85. The van der Waals surface area contributed by atoms with Crippen LogP contribution in [-0.2, 0) is 0 Å². The average molecular weight is 329 g/mol. The zero-order valence-electron chi connectivity index (χ0n) is 16.2. The summed E-state index contributed by atoms with van der Waals surface area (Å²) in [5.74, 6) is 0. The Balaban J connectivity index is 3.17. The Morgan fingerprint density at radius 1 is 1.00 bits per heavy atom. The van der Waals surface area contributed by atoms with E-state index in [1.165, 1.54) is 16.7 Å². The fourth-order valence-corrected chi connectivity index (χ4v) is 3.77. The van der Waals surface area contributed by atoms with Crippen molar-refractivity contribution in [2.24, 2.45) is 5.73 Å². The maximum absolute atomic E-state index is 6.90. The molecule has 0 aromatic rings. The lowest BCUT2D eigenvalue weighted by Gasteiger charge is -2.40. The highest BCUT2D eigenvalue weighted by molar-refractivity contribution is 5.31. The molecule has 2 atom stereocenters. The molecule has 0 aromatic carbocycles. The van der Waals surface area contributed by atoms with Crippen molar-refractivity contribution < 1.29 is 0 Å². The van der Waals surface area contributed by atoms with Crippen LogP contribution in [-0.4, -0.2) is 17.6 Å². The summed E-state index contributed by atoms with van der Waals surface area (Å²) in [5, 5.41) is 3.73. The quantitative estimate of drug-likeness (QED) is 0.570. The predicted molar refractivity (Wildman–Crippen MR) is 108 cm³/mol. The number of nitrogens with two attached hydrogens (primary N) is 1. The molecule has 1 aliphatic rings. The second-order valence-corrected chi connectivity index (χ2v) is 8.11. The summed E-state index contributed by atoms with van der Waals surface area (Å²) in [7, 11) is 0. The Kier molecular flexibility index (Phi) is 7.44. The maximum atomic E-state index is 6.90. The lowest BCUT2D eigenvalue weighted by molar-refractivity contribution is 0.380. The summed E-state index contributed by atoms with van der Waals surface area (Å²) < 4.78 is 0. The molecule has 0 aliphatic carbocycles. The number of nitrogens with one attached hydrogen (secondary N) is 1. The van der Waals surface area contributed by atoms with Crippen LogP contribution in [0.4, 0.5) is 0 Å². The first-order valence-electron chi connectivity index (χ1n) is 8.85.